The van der Waals surface area contributed by atoms with Crippen LogP contribution in [0.2, 0.25) is 0 Å². The van der Waals surface area contributed by atoms with Gasteiger partial charge in [-0.3, -0.25) is 9.80 Å². The molecule has 8 nitrogen and oxygen atoms in total. The Morgan fingerprint density at radius 1 is 1.30 bits per heavy atom. The van der Waals surface area contributed by atoms with Gasteiger partial charge in [0.15, 0.2) is 0 Å². The average molecular weight is 319 g/mol. The molecule has 0 bridgehead atoms. The number of carboxylic acid groups (broad SMARTS) is 1. The smallest absolute Gasteiger partial charge is 0.330 e. The van der Waals surface area contributed by atoms with Crippen molar-refractivity contribution in [2.75, 3.05) is 26.2 Å². The molecule has 0 aromatic carbocycles. The number of hydrogen-bond acceptors (Lipinski definition) is 5. The number of rotatable bonds is 4. The Kier molecular flexibility index (Phi) is 4.06. The van der Waals surface area contributed by atoms with Gasteiger partial charge in [0.2, 0.25) is 5.91 Å². The number of hydrazone groups is 1. The topological polar surface area (TPSA) is 91.0 Å². The van der Waals surface area contributed by atoms with E-state index in [0.717, 1.165) is 18.7 Å². The van der Waals surface area contributed by atoms with Gasteiger partial charge in [0.25, 0.3) is 0 Å². The molecule has 0 radical (unpaired) electrons. The van der Waals surface area contributed by atoms with Gasteiger partial charge in [-0.25, -0.2) is 9.78 Å². The van der Waals surface area contributed by atoms with Crippen molar-refractivity contribution in [3.05, 3.63) is 18.7 Å². The minimum Gasteiger partial charge on any atom is -0.479 e. The molecule has 2 aliphatic rings. The lowest BCUT2D eigenvalue weighted by Crippen LogP contribution is -2.53. The average Bonchev–Trinajstić information content (AvgIpc) is 3.19. The van der Waals surface area contributed by atoms with E-state index >= 15 is 0 Å². The van der Waals surface area contributed by atoms with Crippen LogP contribution in [-0.2, 0) is 15.1 Å². The van der Waals surface area contributed by atoms with Gasteiger partial charge in [0, 0.05) is 44.2 Å². The standard InChI is InChI=1S/C15H21N5O3/c1-12-2-6-20(17-12)10-13(21)18-7-3-15(4-8-18,14(22)23)19-9-5-16-11-19/h5,9,11H,2-4,6-8,10H2,1H3,(H,22,23). The van der Waals surface area contributed by atoms with Gasteiger partial charge in [-0.15, -0.1) is 0 Å². The monoisotopic (exact) mass is 319 g/mol. The normalized spacial score (nSPS) is 20.5. The maximum absolute atomic E-state index is 12.4. The molecule has 1 aromatic heterocycles. The lowest BCUT2D eigenvalue weighted by molar-refractivity contribution is -0.153. The fraction of sp³-hybridized carbons (Fsp3) is 0.600. The highest BCUT2D eigenvalue weighted by atomic mass is 16.4. The fourth-order valence-electron chi connectivity index (χ4n) is 3.22. The quantitative estimate of drug-likeness (QED) is 0.865. The predicted molar refractivity (Wildman–Crippen MR) is 82.9 cm³/mol. The van der Waals surface area contributed by atoms with E-state index in [0.29, 0.717) is 25.9 Å². The molecule has 1 fully saturated rings. The number of aromatic nitrogens is 2. The molecule has 2 aliphatic heterocycles. The molecule has 1 saturated heterocycles. The summed E-state index contributed by atoms with van der Waals surface area (Å²) in [4.78, 5) is 29.9. The maximum Gasteiger partial charge on any atom is 0.330 e. The molecule has 3 heterocycles. The van der Waals surface area contributed by atoms with Crippen molar-refractivity contribution in [2.45, 2.75) is 31.7 Å². The SMILES string of the molecule is CC1=NN(CC(=O)N2CCC(C(=O)O)(n3ccnc3)CC2)CC1. The maximum atomic E-state index is 12.4. The zero-order valence-corrected chi connectivity index (χ0v) is 13.2. The summed E-state index contributed by atoms with van der Waals surface area (Å²) in [5.41, 5.74) is 0.0387. The second kappa shape index (κ2) is 6.02. The summed E-state index contributed by atoms with van der Waals surface area (Å²) in [6.07, 6.45) is 6.45. The van der Waals surface area contributed by atoms with Crippen LogP contribution in [0.1, 0.15) is 26.2 Å². The molecule has 0 unspecified atom stereocenters. The Morgan fingerprint density at radius 3 is 2.57 bits per heavy atom. The van der Waals surface area contributed by atoms with E-state index in [1.807, 2.05) is 6.92 Å². The third-order valence-electron chi connectivity index (χ3n) is 4.70. The van der Waals surface area contributed by atoms with Crippen molar-refractivity contribution in [1.29, 1.82) is 0 Å². The summed E-state index contributed by atoms with van der Waals surface area (Å²) in [6.45, 7) is 3.86. The summed E-state index contributed by atoms with van der Waals surface area (Å²) >= 11 is 0. The third-order valence-corrected chi connectivity index (χ3v) is 4.70. The van der Waals surface area contributed by atoms with Crippen LogP contribution >= 0.6 is 0 Å². The minimum atomic E-state index is -1.00. The summed E-state index contributed by atoms with van der Waals surface area (Å²) in [5, 5.41) is 15.8. The lowest BCUT2D eigenvalue weighted by Gasteiger charge is -2.39. The van der Waals surface area contributed by atoms with E-state index in [4.69, 9.17) is 0 Å². The van der Waals surface area contributed by atoms with E-state index in [1.54, 1.807) is 26.9 Å². The highest BCUT2D eigenvalue weighted by Crippen LogP contribution is 2.30. The molecule has 0 aliphatic carbocycles. The van der Waals surface area contributed by atoms with Crippen LogP contribution in [0.15, 0.2) is 23.8 Å². The zero-order chi connectivity index (χ0) is 16.4. The number of piperidine rings is 1. The highest BCUT2D eigenvalue weighted by Gasteiger charge is 2.44. The zero-order valence-electron chi connectivity index (χ0n) is 13.2. The Labute approximate surface area is 134 Å². The van der Waals surface area contributed by atoms with E-state index in [-0.39, 0.29) is 12.5 Å². The van der Waals surface area contributed by atoms with Gasteiger partial charge in [-0.1, -0.05) is 0 Å². The molecule has 124 valence electrons. The van der Waals surface area contributed by atoms with Gasteiger partial charge >= 0.3 is 5.97 Å². The first-order chi connectivity index (χ1) is 11.0. The number of imidazole rings is 1. The van der Waals surface area contributed by atoms with Crippen LogP contribution in [0.25, 0.3) is 0 Å². The van der Waals surface area contributed by atoms with Crippen molar-refractivity contribution in [1.82, 2.24) is 19.5 Å². The Morgan fingerprint density at radius 2 is 2.04 bits per heavy atom. The number of likely N-dealkylation sites (tertiary alicyclic amines) is 1. The Balaban J connectivity index is 1.63. The first kappa shape index (κ1) is 15.5. The number of carbonyl (C=O) groups is 2. The van der Waals surface area contributed by atoms with Crippen molar-refractivity contribution < 1.29 is 14.7 Å². The van der Waals surface area contributed by atoms with Crippen LogP contribution in [0, 0.1) is 0 Å². The number of carboxylic acids is 1. The van der Waals surface area contributed by atoms with Gasteiger partial charge in [0.1, 0.15) is 12.1 Å². The molecule has 1 amide bonds. The van der Waals surface area contributed by atoms with Crippen molar-refractivity contribution in [3.63, 3.8) is 0 Å². The number of amides is 1. The molecule has 23 heavy (non-hydrogen) atoms. The first-order valence-electron chi connectivity index (χ1n) is 7.80. The molecular formula is C15H21N5O3. The summed E-state index contributed by atoms with van der Waals surface area (Å²) in [5.74, 6) is -0.865. The van der Waals surface area contributed by atoms with Crippen LogP contribution in [0.5, 0.6) is 0 Å². The van der Waals surface area contributed by atoms with Gasteiger partial charge < -0.3 is 14.6 Å². The summed E-state index contributed by atoms with van der Waals surface area (Å²) in [6, 6.07) is 0. The largest absolute Gasteiger partial charge is 0.479 e. The van der Waals surface area contributed by atoms with Crippen LogP contribution in [-0.4, -0.2) is 68.3 Å². The second-order valence-corrected chi connectivity index (χ2v) is 6.16. The third kappa shape index (κ3) is 2.93. The number of aliphatic carboxylic acids is 1. The van der Waals surface area contributed by atoms with Gasteiger partial charge in [-0.05, 0) is 19.8 Å². The van der Waals surface area contributed by atoms with Crippen molar-refractivity contribution >= 4 is 17.6 Å². The molecule has 8 heteroatoms. The van der Waals surface area contributed by atoms with Gasteiger partial charge in [-0.2, -0.15) is 5.10 Å². The number of hydrogen-bond donors (Lipinski definition) is 1. The molecule has 1 N–H and O–H groups in total. The fourth-order valence-corrected chi connectivity index (χ4v) is 3.22. The predicted octanol–water partition coefficient (Wildman–Crippen LogP) is 0.367. The van der Waals surface area contributed by atoms with Crippen molar-refractivity contribution in [2.24, 2.45) is 5.10 Å². The Bertz CT molecular complexity index is 617. The molecule has 1 aromatic rings. The van der Waals surface area contributed by atoms with Gasteiger partial charge in [0.05, 0.1) is 6.33 Å². The van der Waals surface area contributed by atoms with E-state index < -0.39 is 11.5 Å². The number of carbonyl (C=O) groups excluding carboxylic acids is 1. The van der Waals surface area contributed by atoms with E-state index in [2.05, 4.69) is 10.1 Å². The van der Waals surface area contributed by atoms with Crippen molar-refractivity contribution in [3.8, 4) is 0 Å². The lowest BCUT2D eigenvalue weighted by atomic mass is 9.87. The molecule has 0 atom stereocenters. The minimum absolute atomic E-state index is 0.00747. The highest BCUT2D eigenvalue weighted by molar-refractivity contribution is 5.84. The summed E-state index contributed by atoms with van der Waals surface area (Å²) in [7, 11) is 0. The van der Waals surface area contributed by atoms with E-state index in [1.165, 1.54) is 6.33 Å². The van der Waals surface area contributed by atoms with E-state index in [9.17, 15) is 14.7 Å². The number of nitrogens with zero attached hydrogens (tertiary/aromatic N) is 5. The molecule has 0 spiro atoms. The first-order valence-corrected chi connectivity index (χ1v) is 7.80. The molecular weight excluding hydrogens is 298 g/mol. The van der Waals surface area contributed by atoms with Crippen LogP contribution in [0.3, 0.4) is 0 Å². The molecule has 0 saturated carbocycles. The Hall–Kier alpha value is -2.38. The summed E-state index contributed by atoms with van der Waals surface area (Å²) < 4.78 is 1.64. The second-order valence-electron chi connectivity index (χ2n) is 6.16. The molecule has 3 rings (SSSR count). The van der Waals surface area contributed by atoms with Crippen LogP contribution in [0.4, 0.5) is 0 Å². The van der Waals surface area contributed by atoms with Crippen LogP contribution < -0.4 is 0 Å².